The lowest BCUT2D eigenvalue weighted by Crippen LogP contribution is -2.47. The highest BCUT2D eigenvalue weighted by Gasteiger charge is 2.38. The summed E-state index contributed by atoms with van der Waals surface area (Å²) in [6.45, 7) is 3.39. The Bertz CT molecular complexity index is 693. The molecule has 11 heteroatoms. The van der Waals surface area contributed by atoms with E-state index in [-0.39, 0.29) is 24.5 Å². The van der Waals surface area contributed by atoms with E-state index < -0.39 is 30.0 Å². The lowest BCUT2D eigenvalue weighted by molar-refractivity contribution is -0.140. The molecule has 0 unspecified atom stereocenters. The first kappa shape index (κ1) is 21.7. The molecule has 3 heterocycles. The largest absolute Gasteiger partial charge is 0.419 e. The van der Waals surface area contributed by atoms with Crippen molar-refractivity contribution in [1.82, 2.24) is 14.9 Å². The van der Waals surface area contributed by atoms with Crippen LogP contribution in [0.25, 0.3) is 0 Å². The lowest BCUT2D eigenvalue weighted by atomic mass is 10.0. The number of ether oxygens (including phenoxy) is 1. The number of nitrogens with two attached hydrogens (primary N) is 1. The number of alkyl halides is 3. The highest BCUT2D eigenvalue weighted by atomic mass is 19.4. The molecule has 3 rings (SSSR count). The van der Waals surface area contributed by atoms with Gasteiger partial charge in [0.1, 0.15) is 6.10 Å². The van der Waals surface area contributed by atoms with Crippen LogP contribution in [0.4, 0.5) is 19.1 Å². The van der Waals surface area contributed by atoms with Gasteiger partial charge in [-0.05, 0) is 19.8 Å². The summed E-state index contributed by atoms with van der Waals surface area (Å²) in [5, 5.41) is 9.42. The van der Waals surface area contributed by atoms with Crippen LogP contribution in [-0.2, 0) is 15.7 Å². The number of halogens is 3. The maximum Gasteiger partial charge on any atom is 0.419 e. The van der Waals surface area contributed by atoms with E-state index in [1.807, 2.05) is 9.80 Å². The van der Waals surface area contributed by atoms with E-state index in [9.17, 15) is 23.1 Å². The summed E-state index contributed by atoms with van der Waals surface area (Å²) in [6.07, 6.45) is -2.20. The Morgan fingerprint density at radius 1 is 1.24 bits per heavy atom. The molecule has 1 aromatic heterocycles. The second kappa shape index (κ2) is 8.80. The first-order valence-corrected chi connectivity index (χ1v) is 9.66. The minimum Gasteiger partial charge on any atom is -0.392 e. The molecule has 2 fully saturated rings. The van der Waals surface area contributed by atoms with Crippen molar-refractivity contribution in [2.45, 2.75) is 56.7 Å². The SMILES string of the molecule is C[C@@H](O)[C@H](N)CO[C@@H]1CCN(C2CCN(c3ncc(C(F)(F)F)cn3)CC2)C1=O. The minimum absolute atomic E-state index is 0.0484. The number of amides is 1. The molecule has 3 N–H and O–H groups in total. The standard InChI is InChI=1S/C18H26F3N5O3/c1-11(27)14(22)10-29-15-4-7-26(16(15)28)13-2-5-25(6-3-13)17-23-8-12(9-24-17)18(19,20)21/h8-9,11,13-15,27H,2-7,10,22H2,1H3/t11-,14-,15-/m1/s1. The lowest BCUT2D eigenvalue weighted by Gasteiger charge is -2.36. The zero-order valence-corrected chi connectivity index (χ0v) is 16.2. The quantitative estimate of drug-likeness (QED) is 0.705. The highest BCUT2D eigenvalue weighted by molar-refractivity contribution is 5.83. The monoisotopic (exact) mass is 417 g/mol. The Kier molecular flexibility index (Phi) is 6.59. The molecular weight excluding hydrogens is 391 g/mol. The van der Waals surface area contributed by atoms with Gasteiger partial charge in [0.05, 0.1) is 24.3 Å². The maximum absolute atomic E-state index is 12.6. The van der Waals surface area contributed by atoms with Gasteiger partial charge in [-0.25, -0.2) is 9.97 Å². The molecule has 8 nitrogen and oxygen atoms in total. The molecule has 0 radical (unpaired) electrons. The zero-order valence-electron chi connectivity index (χ0n) is 16.2. The van der Waals surface area contributed by atoms with Crippen molar-refractivity contribution >= 4 is 11.9 Å². The van der Waals surface area contributed by atoms with Crippen LogP contribution in [-0.4, -0.2) is 76.4 Å². The number of likely N-dealkylation sites (tertiary alicyclic amines) is 1. The van der Waals surface area contributed by atoms with E-state index in [0.717, 1.165) is 12.4 Å². The van der Waals surface area contributed by atoms with Crippen molar-refractivity contribution in [3.05, 3.63) is 18.0 Å². The third kappa shape index (κ3) is 5.14. The predicted molar refractivity (Wildman–Crippen MR) is 98.0 cm³/mol. The number of nitrogens with zero attached hydrogens (tertiary/aromatic N) is 4. The van der Waals surface area contributed by atoms with E-state index in [1.165, 1.54) is 0 Å². The number of hydrogen-bond acceptors (Lipinski definition) is 7. The number of hydrogen-bond donors (Lipinski definition) is 2. The molecule has 2 aliphatic rings. The second-order valence-corrected chi connectivity index (χ2v) is 7.53. The van der Waals surface area contributed by atoms with E-state index >= 15 is 0 Å². The van der Waals surface area contributed by atoms with E-state index in [1.54, 1.807) is 6.92 Å². The fraction of sp³-hybridized carbons (Fsp3) is 0.722. The van der Waals surface area contributed by atoms with Crippen LogP contribution in [0.3, 0.4) is 0 Å². The maximum atomic E-state index is 12.6. The van der Waals surface area contributed by atoms with E-state index in [0.29, 0.717) is 38.9 Å². The third-order valence-electron chi connectivity index (χ3n) is 5.45. The number of aliphatic hydroxyl groups excluding tert-OH is 1. The summed E-state index contributed by atoms with van der Waals surface area (Å²) >= 11 is 0. The van der Waals surface area contributed by atoms with Crippen LogP contribution >= 0.6 is 0 Å². The average molecular weight is 417 g/mol. The van der Waals surface area contributed by atoms with Gasteiger partial charge in [0.2, 0.25) is 5.95 Å². The van der Waals surface area contributed by atoms with Gasteiger partial charge < -0.3 is 25.4 Å². The number of rotatable bonds is 6. The fourth-order valence-corrected chi connectivity index (χ4v) is 3.57. The van der Waals surface area contributed by atoms with Gasteiger partial charge in [-0.15, -0.1) is 0 Å². The van der Waals surface area contributed by atoms with Gasteiger partial charge in [-0.3, -0.25) is 4.79 Å². The molecule has 1 aromatic rings. The molecule has 0 aromatic carbocycles. The zero-order chi connectivity index (χ0) is 21.2. The molecule has 2 aliphatic heterocycles. The van der Waals surface area contributed by atoms with Crippen molar-refractivity contribution in [1.29, 1.82) is 0 Å². The number of carbonyl (C=O) groups excluding carboxylic acids is 1. The topological polar surface area (TPSA) is 105 Å². The Hall–Kier alpha value is -1.98. The first-order valence-electron chi connectivity index (χ1n) is 9.66. The van der Waals surface area contributed by atoms with Crippen LogP contribution < -0.4 is 10.6 Å². The average Bonchev–Trinajstić information content (AvgIpc) is 3.06. The third-order valence-corrected chi connectivity index (χ3v) is 5.45. The molecule has 29 heavy (non-hydrogen) atoms. The number of aromatic nitrogens is 2. The van der Waals surface area contributed by atoms with Crippen molar-refractivity contribution in [3.63, 3.8) is 0 Å². The normalized spacial score (nSPS) is 23.5. The first-order chi connectivity index (χ1) is 13.7. The van der Waals surface area contributed by atoms with Crippen molar-refractivity contribution in [3.8, 4) is 0 Å². The van der Waals surface area contributed by atoms with Gasteiger partial charge in [0.15, 0.2) is 0 Å². The van der Waals surface area contributed by atoms with E-state index in [4.69, 9.17) is 10.5 Å². The Morgan fingerprint density at radius 3 is 2.41 bits per heavy atom. The van der Waals surface area contributed by atoms with E-state index in [2.05, 4.69) is 9.97 Å². The van der Waals surface area contributed by atoms with Gasteiger partial charge >= 0.3 is 6.18 Å². The smallest absolute Gasteiger partial charge is 0.392 e. The van der Waals surface area contributed by atoms with Crippen LogP contribution in [0, 0.1) is 0 Å². The van der Waals surface area contributed by atoms with Crippen LogP contribution in [0.15, 0.2) is 12.4 Å². The molecule has 0 saturated carbocycles. The Labute approximate surface area is 166 Å². The number of piperidine rings is 1. The molecule has 2 saturated heterocycles. The Morgan fingerprint density at radius 2 is 1.86 bits per heavy atom. The summed E-state index contributed by atoms with van der Waals surface area (Å²) in [5.41, 5.74) is 4.87. The van der Waals surface area contributed by atoms with Crippen molar-refractivity contribution in [2.75, 3.05) is 31.1 Å². The van der Waals surface area contributed by atoms with Crippen LogP contribution in [0.1, 0.15) is 31.7 Å². The summed E-state index contributed by atoms with van der Waals surface area (Å²) in [6, 6.07) is -0.490. The minimum atomic E-state index is -4.46. The van der Waals surface area contributed by atoms with Crippen molar-refractivity contribution < 1.29 is 27.8 Å². The molecular formula is C18H26F3N5O3. The summed E-state index contributed by atoms with van der Waals surface area (Å²) in [4.78, 5) is 23.9. The van der Waals surface area contributed by atoms with Gasteiger partial charge in [0, 0.05) is 44.5 Å². The molecule has 0 spiro atoms. The Balaban J connectivity index is 1.50. The number of anilines is 1. The number of carbonyl (C=O) groups is 1. The molecule has 1 amide bonds. The molecule has 3 atom stereocenters. The molecule has 162 valence electrons. The molecule has 0 aliphatic carbocycles. The summed E-state index contributed by atoms with van der Waals surface area (Å²) < 4.78 is 43.5. The predicted octanol–water partition coefficient (Wildman–Crippen LogP) is 0.790. The number of aliphatic hydroxyl groups is 1. The summed E-state index contributed by atoms with van der Waals surface area (Å²) in [5.74, 6) is 0.185. The van der Waals surface area contributed by atoms with Gasteiger partial charge in [-0.1, -0.05) is 0 Å². The van der Waals surface area contributed by atoms with Crippen LogP contribution in [0.5, 0.6) is 0 Å². The van der Waals surface area contributed by atoms with Crippen LogP contribution in [0.2, 0.25) is 0 Å². The molecule has 0 bridgehead atoms. The fourth-order valence-electron chi connectivity index (χ4n) is 3.57. The van der Waals surface area contributed by atoms with Gasteiger partial charge in [0.25, 0.3) is 5.91 Å². The summed E-state index contributed by atoms with van der Waals surface area (Å²) in [7, 11) is 0. The van der Waals surface area contributed by atoms with Gasteiger partial charge in [-0.2, -0.15) is 13.2 Å². The van der Waals surface area contributed by atoms with Crippen molar-refractivity contribution in [2.24, 2.45) is 5.73 Å². The highest BCUT2D eigenvalue weighted by Crippen LogP contribution is 2.29. The second-order valence-electron chi connectivity index (χ2n) is 7.53.